The first-order chi connectivity index (χ1) is 15.7. The van der Waals surface area contributed by atoms with Gasteiger partial charge in [0.1, 0.15) is 11.5 Å². The van der Waals surface area contributed by atoms with Crippen LogP contribution in [0.3, 0.4) is 0 Å². The average molecular weight is 510 g/mol. The second-order valence-electron chi connectivity index (χ2n) is 7.87. The standard InChI is InChI=1S/C27H30N2O4.Cu/c1-19(14-24(30)16-26(32)22-10-6-4-7-11-22)28-18-21(3)29-20(2)15-25(31)17-27(33)23-12-8-5-9-13-23;/h4-13,16-17,21,32-33H,14-15,18H2,1-3H3;/b26-16-,27-17-,28-19?,29-20?;/t21-;/m0./s1. The molecule has 6 nitrogen and oxygen atoms in total. The van der Waals surface area contributed by atoms with Crippen LogP contribution >= 0.6 is 0 Å². The predicted octanol–water partition coefficient (Wildman–Crippen LogP) is 5.41. The maximum Gasteiger partial charge on any atom is 0.164 e. The van der Waals surface area contributed by atoms with Gasteiger partial charge in [-0.2, -0.15) is 0 Å². The van der Waals surface area contributed by atoms with Crippen molar-refractivity contribution in [2.24, 2.45) is 9.98 Å². The molecule has 0 unspecified atom stereocenters. The quantitative estimate of drug-likeness (QED) is 0.183. The first-order valence-corrected chi connectivity index (χ1v) is 10.8. The summed E-state index contributed by atoms with van der Waals surface area (Å²) in [5, 5.41) is 20.1. The van der Waals surface area contributed by atoms with Crippen molar-refractivity contribution in [3.63, 3.8) is 0 Å². The maximum absolute atomic E-state index is 12.2. The van der Waals surface area contributed by atoms with E-state index in [1.165, 1.54) is 12.2 Å². The monoisotopic (exact) mass is 509 g/mol. The van der Waals surface area contributed by atoms with Crippen LogP contribution in [0.4, 0.5) is 0 Å². The summed E-state index contributed by atoms with van der Waals surface area (Å²) < 4.78 is 0. The van der Waals surface area contributed by atoms with Crippen LogP contribution in [0.15, 0.2) is 82.8 Å². The number of carbonyl (C=O) groups is 2. The molecule has 2 N–H and O–H groups in total. The molecular weight excluding hydrogens is 480 g/mol. The van der Waals surface area contributed by atoms with Crippen molar-refractivity contribution in [3.8, 4) is 0 Å². The zero-order valence-electron chi connectivity index (χ0n) is 19.5. The van der Waals surface area contributed by atoms with Gasteiger partial charge in [-0.1, -0.05) is 60.7 Å². The summed E-state index contributed by atoms with van der Waals surface area (Å²) in [4.78, 5) is 33.2. The SMILES string of the molecule is CC(CC(=O)/C=C(\O)c1ccccc1)=NC[C@H](C)N=C(C)CC(=O)/C=C(\O)c1ccccc1.[Cu]. The third-order valence-electron chi connectivity index (χ3n) is 4.66. The Balaban J connectivity index is 0.00000578. The number of benzene rings is 2. The Labute approximate surface area is 211 Å². The number of hydrogen-bond acceptors (Lipinski definition) is 6. The first kappa shape index (κ1) is 28.8. The number of allylic oxidation sites excluding steroid dienone is 2. The molecule has 1 radical (unpaired) electrons. The zero-order valence-corrected chi connectivity index (χ0v) is 20.5. The molecular formula is C27H30CuN2O4. The van der Waals surface area contributed by atoms with Gasteiger partial charge in [-0.25, -0.2) is 0 Å². The third-order valence-corrected chi connectivity index (χ3v) is 4.66. The van der Waals surface area contributed by atoms with E-state index in [4.69, 9.17) is 0 Å². The number of aliphatic imine (C=N–C) groups is 2. The predicted molar refractivity (Wildman–Crippen MR) is 134 cm³/mol. The number of hydrogen-bond donors (Lipinski definition) is 2. The molecule has 0 aliphatic carbocycles. The molecule has 2 aromatic carbocycles. The van der Waals surface area contributed by atoms with Gasteiger partial charge in [-0.05, 0) is 20.8 Å². The Morgan fingerprint density at radius 3 is 1.65 bits per heavy atom. The van der Waals surface area contributed by atoms with E-state index in [9.17, 15) is 19.8 Å². The van der Waals surface area contributed by atoms with Gasteiger partial charge in [0.15, 0.2) is 11.6 Å². The summed E-state index contributed by atoms with van der Waals surface area (Å²) in [7, 11) is 0. The van der Waals surface area contributed by atoms with E-state index in [1.807, 2.05) is 19.1 Å². The van der Waals surface area contributed by atoms with E-state index in [-0.39, 0.29) is 59.0 Å². The van der Waals surface area contributed by atoms with Gasteiger partial charge in [0, 0.05) is 64.6 Å². The molecule has 0 amide bonds. The van der Waals surface area contributed by atoms with Crippen molar-refractivity contribution < 1.29 is 36.9 Å². The van der Waals surface area contributed by atoms with Gasteiger partial charge in [-0.3, -0.25) is 19.6 Å². The third kappa shape index (κ3) is 10.6. The van der Waals surface area contributed by atoms with Crippen molar-refractivity contribution in [3.05, 3.63) is 83.9 Å². The van der Waals surface area contributed by atoms with Crippen LogP contribution in [0.25, 0.3) is 11.5 Å². The van der Waals surface area contributed by atoms with Crippen LogP contribution in [0.5, 0.6) is 0 Å². The fourth-order valence-electron chi connectivity index (χ4n) is 3.10. The van der Waals surface area contributed by atoms with Crippen LogP contribution in [0.1, 0.15) is 44.7 Å². The smallest absolute Gasteiger partial charge is 0.164 e. The number of rotatable bonds is 11. The van der Waals surface area contributed by atoms with E-state index in [1.54, 1.807) is 62.4 Å². The van der Waals surface area contributed by atoms with Gasteiger partial charge in [-0.15, -0.1) is 0 Å². The summed E-state index contributed by atoms with van der Waals surface area (Å²) >= 11 is 0. The largest absolute Gasteiger partial charge is 0.507 e. The summed E-state index contributed by atoms with van der Waals surface area (Å²) in [6, 6.07) is 17.6. The fourth-order valence-corrected chi connectivity index (χ4v) is 3.10. The van der Waals surface area contributed by atoms with Crippen molar-refractivity contribution in [1.29, 1.82) is 0 Å². The van der Waals surface area contributed by atoms with Crippen molar-refractivity contribution in [2.45, 2.75) is 39.7 Å². The molecule has 0 saturated heterocycles. The summed E-state index contributed by atoms with van der Waals surface area (Å²) in [6.45, 7) is 5.78. The Morgan fingerprint density at radius 2 is 1.21 bits per heavy atom. The molecule has 34 heavy (non-hydrogen) atoms. The first-order valence-electron chi connectivity index (χ1n) is 10.8. The van der Waals surface area contributed by atoms with Crippen molar-refractivity contribution >= 4 is 34.5 Å². The molecule has 0 saturated carbocycles. The molecule has 0 aliphatic rings. The molecule has 2 rings (SSSR count). The molecule has 0 aromatic heterocycles. The van der Waals surface area contributed by atoms with E-state index >= 15 is 0 Å². The molecule has 1 atom stereocenters. The number of ketones is 2. The van der Waals surface area contributed by atoms with E-state index in [0.717, 1.165) is 0 Å². The second-order valence-corrected chi connectivity index (χ2v) is 7.87. The van der Waals surface area contributed by atoms with Gasteiger partial charge in [0.2, 0.25) is 0 Å². The van der Waals surface area contributed by atoms with Crippen molar-refractivity contribution in [1.82, 2.24) is 0 Å². The van der Waals surface area contributed by atoms with Gasteiger partial charge in [0.25, 0.3) is 0 Å². The Morgan fingerprint density at radius 1 is 0.794 bits per heavy atom. The van der Waals surface area contributed by atoms with Crippen LogP contribution < -0.4 is 0 Å². The Kier molecular flexibility index (Phi) is 12.5. The molecule has 0 spiro atoms. The molecule has 0 fully saturated rings. The van der Waals surface area contributed by atoms with E-state index < -0.39 is 0 Å². The molecule has 0 bridgehead atoms. The van der Waals surface area contributed by atoms with Gasteiger partial charge >= 0.3 is 0 Å². The summed E-state index contributed by atoms with van der Waals surface area (Å²) in [6.07, 6.45) is 2.63. The summed E-state index contributed by atoms with van der Waals surface area (Å²) in [5.41, 5.74) is 2.45. The van der Waals surface area contributed by atoms with Crippen molar-refractivity contribution in [2.75, 3.05) is 6.54 Å². The number of aliphatic hydroxyl groups is 2. The van der Waals surface area contributed by atoms with Gasteiger partial charge < -0.3 is 10.2 Å². The van der Waals surface area contributed by atoms with Crippen LogP contribution in [0.2, 0.25) is 0 Å². The minimum atomic E-state index is -0.236. The Bertz CT molecular complexity index is 1070. The average Bonchev–Trinajstić information content (AvgIpc) is 2.78. The molecule has 2 aromatic rings. The molecule has 0 heterocycles. The normalized spacial score (nSPS) is 13.7. The minimum Gasteiger partial charge on any atom is -0.507 e. The minimum absolute atomic E-state index is 0. The van der Waals surface area contributed by atoms with Crippen LogP contribution in [0, 0.1) is 0 Å². The maximum atomic E-state index is 12.2. The number of aliphatic hydroxyl groups excluding tert-OH is 2. The topological polar surface area (TPSA) is 99.3 Å². The number of carbonyl (C=O) groups excluding carboxylic acids is 2. The van der Waals surface area contributed by atoms with Crippen LogP contribution in [-0.4, -0.2) is 45.8 Å². The molecule has 183 valence electrons. The Hall–Kier alpha value is -3.28. The summed E-state index contributed by atoms with van der Waals surface area (Å²) in [5.74, 6) is -0.613. The molecule has 7 heteroatoms. The molecule has 0 aliphatic heterocycles. The zero-order chi connectivity index (χ0) is 24.2. The van der Waals surface area contributed by atoms with Gasteiger partial charge in [0.05, 0.1) is 12.6 Å². The van der Waals surface area contributed by atoms with E-state index in [0.29, 0.717) is 29.1 Å². The number of nitrogens with zero attached hydrogens (tertiary/aromatic N) is 2. The fraction of sp³-hybridized carbons (Fsp3) is 0.259. The van der Waals surface area contributed by atoms with Crippen LogP contribution in [-0.2, 0) is 26.7 Å². The van der Waals surface area contributed by atoms with E-state index in [2.05, 4.69) is 9.98 Å². The second kappa shape index (κ2) is 14.8.